The predicted molar refractivity (Wildman–Crippen MR) is 97.3 cm³/mol. The van der Waals surface area contributed by atoms with Gasteiger partial charge in [0, 0.05) is 42.7 Å². The van der Waals surface area contributed by atoms with E-state index in [-0.39, 0.29) is 34.8 Å². The summed E-state index contributed by atoms with van der Waals surface area (Å²) in [5, 5.41) is 10.7. The highest BCUT2D eigenvalue weighted by Crippen LogP contribution is 2.41. The van der Waals surface area contributed by atoms with E-state index >= 15 is 0 Å². The van der Waals surface area contributed by atoms with Crippen molar-refractivity contribution in [3.05, 3.63) is 39.1 Å². The van der Waals surface area contributed by atoms with Crippen molar-refractivity contribution < 1.29 is 22.7 Å². The minimum atomic E-state index is -4.59. The van der Waals surface area contributed by atoms with Crippen molar-refractivity contribution in [2.45, 2.75) is 30.3 Å². The van der Waals surface area contributed by atoms with Crippen LogP contribution in [0.3, 0.4) is 0 Å². The monoisotopic (exact) mass is 423 g/mol. The summed E-state index contributed by atoms with van der Waals surface area (Å²) in [6.45, 7) is 1.81. The summed E-state index contributed by atoms with van der Waals surface area (Å²) in [5.74, 6) is 0.377. The highest BCUT2D eigenvalue weighted by atomic mass is 35.5. The van der Waals surface area contributed by atoms with Gasteiger partial charge < -0.3 is 14.9 Å². The first-order valence-corrected chi connectivity index (χ1v) is 9.52. The smallest absolute Gasteiger partial charge is 0.432 e. The summed E-state index contributed by atoms with van der Waals surface area (Å²) >= 11 is 7.50. The zero-order valence-electron chi connectivity index (χ0n) is 14.4. The molecule has 0 fully saturated rings. The summed E-state index contributed by atoms with van der Waals surface area (Å²) in [6.07, 6.45) is -4.58. The topological polar surface area (TPSA) is 78.1 Å². The Bertz CT molecular complexity index is 869. The molecule has 6 nitrogen and oxygen atoms in total. The molecular formula is C16H17ClF3N3O3S. The van der Waals surface area contributed by atoms with Crippen molar-refractivity contribution in [1.29, 1.82) is 0 Å². The summed E-state index contributed by atoms with van der Waals surface area (Å²) in [5.41, 5.74) is -0.319. The van der Waals surface area contributed by atoms with Gasteiger partial charge in [-0.2, -0.15) is 24.9 Å². The molecule has 0 bridgehead atoms. The molecular weight excluding hydrogens is 407 g/mol. The highest BCUT2D eigenvalue weighted by molar-refractivity contribution is 8.00. The normalized spacial score (nSPS) is 24.6. The zero-order valence-corrected chi connectivity index (χ0v) is 16.0. The maximum atomic E-state index is 13.5. The molecule has 0 aromatic carbocycles. The average Bonchev–Trinajstić information content (AvgIpc) is 2.71. The number of nitrogens with one attached hydrogen (secondary N) is 1. The summed E-state index contributed by atoms with van der Waals surface area (Å²) < 4.78 is 45.4. The van der Waals surface area contributed by atoms with Gasteiger partial charge in [-0.05, 0) is 6.92 Å². The van der Waals surface area contributed by atoms with Crippen molar-refractivity contribution in [3.63, 3.8) is 0 Å². The second-order valence-electron chi connectivity index (χ2n) is 6.18. The standard InChI is InChI=1S/C16H17ClF3N3O3S/c1-7-5-9(24)11(15(25)26-7)8-6-10(27-4-3-21-8)12-13(16(18,19)20)22-23(2)14(12)17/h5,10,14,22,24H,3-4,6H2,1-2H3. The molecule has 0 amide bonds. The first-order chi connectivity index (χ1) is 12.6. The van der Waals surface area contributed by atoms with Crippen LogP contribution < -0.4 is 11.1 Å². The van der Waals surface area contributed by atoms with Gasteiger partial charge in [-0.15, -0.1) is 0 Å². The van der Waals surface area contributed by atoms with Crippen LogP contribution in [0.1, 0.15) is 17.7 Å². The van der Waals surface area contributed by atoms with E-state index in [4.69, 9.17) is 16.0 Å². The molecule has 2 N–H and O–H groups in total. The maximum absolute atomic E-state index is 13.5. The van der Waals surface area contributed by atoms with Gasteiger partial charge in [-0.3, -0.25) is 4.99 Å². The Labute approximate surface area is 162 Å². The van der Waals surface area contributed by atoms with E-state index in [9.17, 15) is 23.1 Å². The fourth-order valence-corrected chi connectivity index (χ4v) is 4.65. The van der Waals surface area contributed by atoms with Gasteiger partial charge in [0.1, 0.15) is 28.3 Å². The highest BCUT2D eigenvalue weighted by Gasteiger charge is 2.46. The van der Waals surface area contributed by atoms with Crippen LogP contribution in [0.5, 0.6) is 5.75 Å². The Morgan fingerprint density at radius 3 is 2.81 bits per heavy atom. The third-order valence-electron chi connectivity index (χ3n) is 4.24. The van der Waals surface area contributed by atoms with Crippen molar-refractivity contribution in [2.75, 3.05) is 19.3 Å². The van der Waals surface area contributed by atoms with Crippen LogP contribution in [0.4, 0.5) is 13.2 Å². The Morgan fingerprint density at radius 1 is 1.48 bits per heavy atom. The third-order valence-corrected chi connectivity index (χ3v) is 6.01. The number of nitrogens with zero attached hydrogens (tertiary/aromatic N) is 2. The van der Waals surface area contributed by atoms with Crippen LogP contribution in [-0.4, -0.2) is 52.1 Å². The molecule has 0 saturated heterocycles. The number of aromatic hydroxyl groups is 1. The number of alkyl halides is 4. The van der Waals surface area contributed by atoms with Crippen LogP contribution >= 0.6 is 23.4 Å². The van der Waals surface area contributed by atoms with Gasteiger partial charge in [0.2, 0.25) is 0 Å². The minimum absolute atomic E-state index is 0.0118. The number of likely N-dealkylation sites (N-methyl/N-ethyl adjacent to an activating group) is 1. The molecule has 0 saturated carbocycles. The molecule has 1 aromatic rings. The van der Waals surface area contributed by atoms with Crippen LogP contribution in [-0.2, 0) is 0 Å². The van der Waals surface area contributed by atoms with Crippen molar-refractivity contribution >= 4 is 29.1 Å². The van der Waals surface area contributed by atoms with E-state index in [0.717, 1.165) is 0 Å². The number of rotatable bonds is 2. The van der Waals surface area contributed by atoms with E-state index in [0.29, 0.717) is 12.3 Å². The summed E-state index contributed by atoms with van der Waals surface area (Å²) in [4.78, 5) is 16.5. The quantitative estimate of drug-likeness (QED) is 0.562. The molecule has 2 atom stereocenters. The van der Waals surface area contributed by atoms with Crippen LogP contribution in [0.15, 0.2) is 31.5 Å². The van der Waals surface area contributed by atoms with Gasteiger partial charge in [0.05, 0.1) is 5.71 Å². The first-order valence-electron chi connectivity index (χ1n) is 8.03. The zero-order chi connectivity index (χ0) is 19.9. The number of hydrogen-bond donors (Lipinski definition) is 2. The number of halogens is 4. The maximum Gasteiger partial charge on any atom is 0.432 e. The molecule has 0 radical (unpaired) electrons. The molecule has 148 valence electrons. The number of hydrazine groups is 1. The second kappa shape index (κ2) is 7.40. The molecule has 2 aliphatic rings. The van der Waals surface area contributed by atoms with Gasteiger partial charge in [-0.25, -0.2) is 9.80 Å². The van der Waals surface area contributed by atoms with Crippen molar-refractivity contribution in [3.8, 4) is 5.75 Å². The lowest BCUT2D eigenvalue weighted by Gasteiger charge is -2.21. The lowest BCUT2D eigenvalue weighted by Crippen LogP contribution is -2.35. The number of thioether (sulfide) groups is 1. The molecule has 2 unspecified atom stereocenters. The number of aliphatic imine (C=N–C) groups is 1. The molecule has 11 heteroatoms. The van der Waals surface area contributed by atoms with E-state index in [2.05, 4.69) is 10.4 Å². The Kier molecular flexibility index (Phi) is 5.51. The number of allylic oxidation sites excluding steroid dienone is 1. The van der Waals surface area contributed by atoms with Crippen LogP contribution in [0, 0.1) is 6.92 Å². The van der Waals surface area contributed by atoms with E-state index in [1.165, 1.54) is 36.8 Å². The number of aryl methyl sites for hydroxylation is 1. The lowest BCUT2D eigenvalue weighted by molar-refractivity contribution is -0.100. The SMILES string of the molecule is Cc1cc(O)c(C2=NCCSC(C3=C(C(F)(F)F)NN(C)C3Cl)C2)c(=O)o1. The minimum Gasteiger partial charge on any atom is -0.507 e. The largest absolute Gasteiger partial charge is 0.507 e. The van der Waals surface area contributed by atoms with Gasteiger partial charge in [0.15, 0.2) is 0 Å². The van der Waals surface area contributed by atoms with E-state index in [1.54, 1.807) is 0 Å². The first kappa shape index (κ1) is 20.1. The molecule has 2 aliphatic heterocycles. The summed E-state index contributed by atoms with van der Waals surface area (Å²) in [7, 11) is 1.42. The Morgan fingerprint density at radius 2 is 2.19 bits per heavy atom. The van der Waals surface area contributed by atoms with Gasteiger partial charge in [-0.1, -0.05) is 11.6 Å². The Balaban J connectivity index is 2.02. The predicted octanol–water partition coefficient (Wildman–Crippen LogP) is 2.78. The van der Waals surface area contributed by atoms with Gasteiger partial charge in [0.25, 0.3) is 0 Å². The number of hydrogen-bond acceptors (Lipinski definition) is 7. The third kappa shape index (κ3) is 3.97. The molecule has 0 spiro atoms. The fourth-order valence-electron chi connectivity index (χ4n) is 3.08. The molecule has 3 rings (SSSR count). The van der Waals surface area contributed by atoms with Crippen molar-refractivity contribution in [1.82, 2.24) is 10.4 Å². The lowest BCUT2D eigenvalue weighted by atomic mass is 10.0. The van der Waals surface area contributed by atoms with Crippen molar-refractivity contribution in [2.24, 2.45) is 4.99 Å². The van der Waals surface area contributed by atoms with Gasteiger partial charge >= 0.3 is 11.8 Å². The van der Waals surface area contributed by atoms with Crippen LogP contribution in [0.2, 0.25) is 0 Å². The van der Waals surface area contributed by atoms with Crippen LogP contribution in [0.25, 0.3) is 0 Å². The molecule has 3 heterocycles. The average molecular weight is 424 g/mol. The molecule has 1 aromatic heterocycles. The molecule has 0 aliphatic carbocycles. The second-order valence-corrected chi connectivity index (χ2v) is 7.91. The summed E-state index contributed by atoms with van der Waals surface area (Å²) in [6, 6.07) is 1.28. The Hall–Kier alpha value is -1.65. The molecule has 27 heavy (non-hydrogen) atoms. The fraction of sp³-hybridized carbons (Fsp3) is 0.500. The van der Waals surface area contributed by atoms with E-state index < -0.39 is 28.2 Å². The van der Waals surface area contributed by atoms with E-state index in [1.807, 2.05) is 0 Å².